The van der Waals surface area contributed by atoms with Crippen LogP contribution in [0.5, 0.6) is 5.75 Å². The maximum Gasteiger partial charge on any atom is 0.318 e. The van der Waals surface area contributed by atoms with Crippen molar-refractivity contribution in [1.29, 1.82) is 0 Å². The van der Waals surface area contributed by atoms with Gasteiger partial charge < -0.3 is 14.8 Å². The fourth-order valence-electron chi connectivity index (χ4n) is 1.78. The van der Waals surface area contributed by atoms with Gasteiger partial charge in [0.15, 0.2) is 0 Å². The van der Waals surface area contributed by atoms with Gasteiger partial charge in [0.2, 0.25) is 5.91 Å². The first-order valence-corrected chi connectivity index (χ1v) is 8.19. The maximum atomic E-state index is 12.0. The molecule has 0 fully saturated rings. The number of anilines is 1. The Balaban J connectivity index is 2.69. The summed E-state index contributed by atoms with van der Waals surface area (Å²) in [6.07, 6.45) is 0.605. The highest BCUT2D eigenvalue weighted by molar-refractivity contribution is 8.01. The van der Waals surface area contributed by atoms with Crippen LogP contribution < -0.4 is 10.1 Å². The van der Waals surface area contributed by atoms with Gasteiger partial charge >= 0.3 is 5.97 Å². The van der Waals surface area contributed by atoms with Crippen LogP contribution in [0.4, 0.5) is 5.69 Å². The second kappa shape index (κ2) is 8.90. The van der Waals surface area contributed by atoms with E-state index in [9.17, 15) is 9.59 Å². The summed E-state index contributed by atoms with van der Waals surface area (Å²) in [5.41, 5.74) is 1.40. The van der Waals surface area contributed by atoms with Gasteiger partial charge in [0.05, 0.1) is 25.7 Å². The normalized spacial score (nSPS) is 11.7. The molecule has 0 saturated heterocycles. The van der Waals surface area contributed by atoms with E-state index < -0.39 is 0 Å². The van der Waals surface area contributed by atoms with Crippen LogP contribution in [0, 0.1) is 6.92 Å². The lowest BCUT2D eigenvalue weighted by Crippen LogP contribution is -2.22. The van der Waals surface area contributed by atoms with Gasteiger partial charge in [-0.3, -0.25) is 9.59 Å². The summed E-state index contributed by atoms with van der Waals surface area (Å²) in [6, 6.07) is 3.41. The fourth-order valence-corrected chi connectivity index (χ4v) is 2.82. The highest BCUT2D eigenvalue weighted by Crippen LogP contribution is 2.31. The van der Waals surface area contributed by atoms with Gasteiger partial charge in [-0.15, -0.1) is 11.8 Å². The summed E-state index contributed by atoms with van der Waals surface area (Å²) in [5.74, 6) is 0.111. The molecule has 0 bridgehead atoms. The van der Waals surface area contributed by atoms with Gasteiger partial charge in [-0.2, -0.15) is 0 Å². The molecule has 0 aliphatic rings. The molecule has 5 nitrogen and oxygen atoms in total. The number of hydrogen-bond donors (Lipinski definition) is 1. The van der Waals surface area contributed by atoms with E-state index in [2.05, 4.69) is 5.32 Å². The summed E-state index contributed by atoms with van der Waals surface area (Å²) in [5, 5.41) is 3.00. The number of amides is 1. The first-order valence-electron chi connectivity index (χ1n) is 6.76. The first kappa shape index (κ1) is 18.6. The van der Waals surface area contributed by atoms with Gasteiger partial charge in [-0.1, -0.05) is 18.5 Å². The largest absolute Gasteiger partial charge is 0.495 e. The molecule has 122 valence electrons. The van der Waals surface area contributed by atoms with Crippen LogP contribution in [0.15, 0.2) is 12.1 Å². The molecule has 1 amide bonds. The number of carbonyl (C=O) groups excluding carboxylic acids is 2. The summed E-state index contributed by atoms with van der Waals surface area (Å²) < 4.78 is 9.90. The Kier molecular flexibility index (Phi) is 7.55. The van der Waals surface area contributed by atoms with Crippen LogP contribution in [-0.2, 0) is 14.3 Å². The van der Waals surface area contributed by atoms with E-state index in [0.29, 0.717) is 22.9 Å². The molecular weight excluding hydrogens is 326 g/mol. The van der Waals surface area contributed by atoms with E-state index in [4.69, 9.17) is 21.1 Å². The zero-order valence-corrected chi connectivity index (χ0v) is 14.6. The Morgan fingerprint density at radius 2 is 2.05 bits per heavy atom. The minimum Gasteiger partial charge on any atom is -0.495 e. The predicted molar refractivity (Wildman–Crippen MR) is 89.9 cm³/mol. The van der Waals surface area contributed by atoms with E-state index in [1.165, 1.54) is 26.0 Å². The third kappa shape index (κ3) is 5.10. The summed E-state index contributed by atoms with van der Waals surface area (Å²) in [4.78, 5) is 23.5. The monoisotopic (exact) mass is 345 g/mol. The lowest BCUT2D eigenvalue weighted by Gasteiger charge is -2.14. The van der Waals surface area contributed by atoms with Crippen molar-refractivity contribution in [2.75, 3.05) is 25.3 Å². The van der Waals surface area contributed by atoms with Crippen LogP contribution in [0.3, 0.4) is 0 Å². The van der Waals surface area contributed by atoms with Gasteiger partial charge in [0.25, 0.3) is 0 Å². The molecule has 0 radical (unpaired) electrons. The number of thioether (sulfide) groups is 1. The lowest BCUT2D eigenvalue weighted by atomic mass is 10.2. The average molecular weight is 346 g/mol. The number of carbonyl (C=O) groups is 2. The number of methoxy groups -OCH3 is 2. The van der Waals surface area contributed by atoms with Crippen molar-refractivity contribution in [3.05, 3.63) is 22.7 Å². The van der Waals surface area contributed by atoms with Crippen LogP contribution in [-0.4, -0.2) is 37.1 Å². The van der Waals surface area contributed by atoms with E-state index in [-0.39, 0.29) is 22.9 Å². The third-order valence-electron chi connectivity index (χ3n) is 3.01. The molecule has 1 unspecified atom stereocenters. The Bertz CT molecular complexity index is 551. The van der Waals surface area contributed by atoms with Crippen molar-refractivity contribution < 1.29 is 19.1 Å². The Labute approximate surface area is 139 Å². The van der Waals surface area contributed by atoms with Gasteiger partial charge in [-0.25, -0.2) is 0 Å². The minimum absolute atomic E-state index is 0.151. The van der Waals surface area contributed by atoms with E-state index >= 15 is 0 Å². The summed E-state index contributed by atoms with van der Waals surface area (Å²) in [6.45, 7) is 3.72. The van der Waals surface area contributed by atoms with E-state index in [1.807, 2.05) is 13.8 Å². The maximum absolute atomic E-state index is 12.0. The number of halogens is 1. The third-order valence-corrected chi connectivity index (χ3v) is 4.77. The molecule has 0 aliphatic carbocycles. The molecule has 0 aliphatic heterocycles. The van der Waals surface area contributed by atoms with Gasteiger partial charge in [0, 0.05) is 11.1 Å². The SMILES string of the molecule is CCC(SCC(=O)Nc1cc(C)c(Cl)cc1OC)C(=O)OC. The molecule has 1 N–H and O–H groups in total. The second-order valence-corrected chi connectivity index (χ2v) is 6.18. The van der Waals surface area contributed by atoms with E-state index in [1.54, 1.807) is 12.1 Å². The molecule has 1 aromatic rings. The molecule has 0 aromatic heterocycles. The molecule has 1 atom stereocenters. The number of ether oxygens (including phenoxy) is 2. The van der Waals surface area contributed by atoms with Crippen molar-refractivity contribution in [2.45, 2.75) is 25.5 Å². The topological polar surface area (TPSA) is 64.6 Å². The molecule has 0 spiro atoms. The van der Waals surface area contributed by atoms with Crippen LogP contribution in [0.25, 0.3) is 0 Å². The quantitative estimate of drug-likeness (QED) is 0.768. The zero-order valence-electron chi connectivity index (χ0n) is 13.1. The molecule has 0 heterocycles. The molecule has 7 heteroatoms. The van der Waals surface area contributed by atoms with Gasteiger partial charge in [0.1, 0.15) is 11.0 Å². The Morgan fingerprint density at radius 3 is 2.59 bits per heavy atom. The summed E-state index contributed by atoms with van der Waals surface area (Å²) in [7, 11) is 2.85. The van der Waals surface area contributed by atoms with Crippen molar-refractivity contribution in [1.82, 2.24) is 0 Å². The fraction of sp³-hybridized carbons (Fsp3) is 0.467. The average Bonchev–Trinajstić information content (AvgIpc) is 2.50. The zero-order chi connectivity index (χ0) is 16.7. The van der Waals surface area contributed by atoms with Crippen LogP contribution >= 0.6 is 23.4 Å². The number of hydrogen-bond acceptors (Lipinski definition) is 5. The molecule has 1 aromatic carbocycles. The second-order valence-electron chi connectivity index (χ2n) is 4.58. The van der Waals surface area contributed by atoms with Crippen LogP contribution in [0.1, 0.15) is 18.9 Å². The van der Waals surface area contributed by atoms with Crippen LogP contribution in [0.2, 0.25) is 5.02 Å². The van der Waals surface area contributed by atoms with Gasteiger partial charge in [-0.05, 0) is 25.0 Å². The van der Waals surface area contributed by atoms with Crippen molar-refractivity contribution >= 4 is 40.9 Å². The number of benzene rings is 1. The number of nitrogens with one attached hydrogen (secondary N) is 1. The number of aryl methyl sites for hydroxylation is 1. The van der Waals surface area contributed by atoms with E-state index in [0.717, 1.165) is 5.56 Å². The standard InChI is InChI=1S/C15H20ClNO4S/c1-5-13(15(19)21-4)22-8-14(18)17-11-6-9(2)10(16)7-12(11)20-3/h6-7,13H,5,8H2,1-4H3,(H,17,18). The number of esters is 1. The minimum atomic E-state index is -0.343. The molecule has 22 heavy (non-hydrogen) atoms. The smallest absolute Gasteiger partial charge is 0.318 e. The van der Waals surface area contributed by atoms with Crippen molar-refractivity contribution in [2.24, 2.45) is 0 Å². The Morgan fingerprint density at radius 1 is 1.36 bits per heavy atom. The summed E-state index contributed by atoms with van der Waals surface area (Å²) >= 11 is 7.27. The molecule has 1 rings (SSSR count). The van der Waals surface area contributed by atoms with Crippen molar-refractivity contribution in [3.63, 3.8) is 0 Å². The Hall–Kier alpha value is -1.40. The lowest BCUT2D eigenvalue weighted by molar-refractivity contribution is -0.140. The molecule has 0 saturated carbocycles. The first-order chi connectivity index (χ1) is 10.4. The predicted octanol–water partition coefficient (Wildman–Crippen LogP) is 3.28. The molecular formula is C15H20ClNO4S. The highest BCUT2D eigenvalue weighted by Gasteiger charge is 2.19. The van der Waals surface area contributed by atoms with Crippen molar-refractivity contribution in [3.8, 4) is 5.75 Å². The highest BCUT2D eigenvalue weighted by atomic mass is 35.5. The number of rotatable bonds is 7.